The van der Waals surface area contributed by atoms with Crippen molar-refractivity contribution in [3.63, 3.8) is 0 Å². The van der Waals surface area contributed by atoms with E-state index in [0.29, 0.717) is 28.5 Å². The van der Waals surface area contributed by atoms with Gasteiger partial charge in [-0.05, 0) is 65.6 Å². The first-order chi connectivity index (χ1) is 19.7. The molecule has 15 heteroatoms. The SMILES string of the molecule is O=C1CC(c2ccc(CC(NS(=O)(=O)c3cccc(C(F)(F)F)c3)c3ncc(-c4ccc(F)cc4)[nH]3)cc2)S(=O)(=O)N1. The van der Waals surface area contributed by atoms with E-state index in [1.807, 2.05) is 4.72 Å². The second-order valence-electron chi connectivity index (χ2n) is 9.60. The first kappa shape index (κ1) is 29.4. The molecule has 3 N–H and O–H groups in total. The zero-order valence-electron chi connectivity index (χ0n) is 21.4. The van der Waals surface area contributed by atoms with Gasteiger partial charge in [0.2, 0.25) is 26.0 Å². The molecule has 2 atom stereocenters. The molecule has 42 heavy (non-hydrogen) atoms. The lowest BCUT2D eigenvalue weighted by Gasteiger charge is -2.18. The monoisotopic (exact) mass is 622 g/mol. The fraction of sp³-hybridized carbons (Fsp3) is 0.185. The highest BCUT2D eigenvalue weighted by Gasteiger charge is 2.38. The molecule has 1 fully saturated rings. The third-order valence-electron chi connectivity index (χ3n) is 6.64. The second-order valence-corrected chi connectivity index (χ2v) is 13.2. The third kappa shape index (κ3) is 6.37. The molecule has 0 spiro atoms. The van der Waals surface area contributed by atoms with Crippen LogP contribution in [0.2, 0.25) is 0 Å². The molecule has 2 heterocycles. The van der Waals surface area contributed by atoms with Crippen LogP contribution < -0.4 is 9.44 Å². The molecule has 9 nitrogen and oxygen atoms in total. The number of carbonyl (C=O) groups is 1. The summed E-state index contributed by atoms with van der Waals surface area (Å²) in [6.45, 7) is 0. The number of rotatable bonds is 8. The van der Waals surface area contributed by atoms with E-state index in [1.54, 1.807) is 12.1 Å². The van der Waals surface area contributed by atoms with Gasteiger partial charge in [0.25, 0.3) is 0 Å². The van der Waals surface area contributed by atoms with Gasteiger partial charge >= 0.3 is 6.18 Å². The Balaban J connectivity index is 1.47. The minimum atomic E-state index is -4.76. The van der Waals surface area contributed by atoms with Crippen molar-refractivity contribution in [2.75, 3.05) is 0 Å². The molecule has 220 valence electrons. The Morgan fingerprint density at radius 1 is 1.02 bits per heavy atom. The summed E-state index contributed by atoms with van der Waals surface area (Å²) in [5.74, 6) is -0.954. The summed E-state index contributed by atoms with van der Waals surface area (Å²) >= 11 is 0. The molecule has 0 aliphatic carbocycles. The van der Waals surface area contributed by atoms with E-state index in [-0.39, 0.29) is 18.7 Å². The number of H-pyrrole nitrogens is 1. The normalized spacial score (nSPS) is 17.6. The van der Waals surface area contributed by atoms with Crippen molar-refractivity contribution in [1.82, 2.24) is 19.4 Å². The molecule has 4 aromatic rings. The van der Waals surface area contributed by atoms with Gasteiger partial charge in [0, 0.05) is 0 Å². The number of hydrogen-bond donors (Lipinski definition) is 3. The number of imidazole rings is 1. The number of aromatic nitrogens is 2. The van der Waals surface area contributed by atoms with Gasteiger partial charge in [0.1, 0.15) is 16.9 Å². The number of sulfonamides is 2. The predicted molar refractivity (Wildman–Crippen MR) is 143 cm³/mol. The van der Waals surface area contributed by atoms with Crippen molar-refractivity contribution in [2.24, 2.45) is 0 Å². The van der Waals surface area contributed by atoms with Crippen LogP contribution in [0.15, 0.2) is 83.9 Å². The lowest BCUT2D eigenvalue weighted by atomic mass is 10.0. The summed E-state index contributed by atoms with van der Waals surface area (Å²) in [5.41, 5.74) is 0.746. The number of halogens is 4. The van der Waals surface area contributed by atoms with Crippen molar-refractivity contribution in [3.8, 4) is 11.3 Å². The Morgan fingerprint density at radius 3 is 2.33 bits per heavy atom. The molecule has 0 saturated carbocycles. The van der Waals surface area contributed by atoms with Crippen LogP contribution in [-0.2, 0) is 37.4 Å². The molecule has 1 aromatic heterocycles. The number of amides is 1. The van der Waals surface area contributed by atoms with E-state index >= 15 is 0 Å². The fourth-order valence-corrected chi connectivity index (χ4v) is 7.20. The fourth-order valence-electron chi connectivity index (χ4n) is 4.53. The number of aromatic amines is 1. The maximum Gasteiger partial charge on any atom is 0.416 e. The Morgan fingerprint density at radius 2 is 1.71 bits per heavy atom. The van der Waals surface area contributed by atoms with Gasteiger partial charge in [0.05, 0.1) is 34.8 Å². The highest BCUT2D eigenvalue weighted by molar-refractivity contribution is 7.90. The summed E-state index contributed by atoms with van der Waals surface area (Å²) in [4.78, 5) is 18.3. The smallest absolute Gasteiger partial charge is 0.341 e. The molecular formula is C27H22F4N4O5S2. The van der Waals surface area contributed by atoms with Crippen LogP contribution in [0.5, 0.6) is 0 Å². The number of benzene rings is 3. The summed E-state index contributed by atoms with van der Waals surface area (Å²) in [5, 5.41) is -1.07. The average molecular weight is 623 g/mol. The quantitative estimate of drug-likeness (QED) is 0.249. The Labute approximate surface area is 238 Å². The van der Waals surface area contributed by atoms with Crippen molar-refractivity contribution >= 4 is 26.0 Å². The number of carbonyl (C=O) groups excluding carboxylic acids is 1. The van der Waals surface area contributed by atoms with Crippen LogP contribution in [0.25, 0.3) is 11.3 Å². The minimum absolute atomic E-state index is 0.0383. The zero-order chi connectivity index (χ0) is 30.3. The first-order valence-corrected chi connectivity index (χ1v) is 15.4. The third-order valence-corrected chi connectivity index (χ3v) is 9.81. The number of alkyl halides is 3. The Hall–Kier alpha value is -4.08. The first-order valence-electron chi connectivity index (χ1n) is 12.3. The van der Waals surface area contributed by atoms with E-state index in [4.69, 9.17) is 0 Å². The van der Waals surface area contributed by atoms with Crippen LogP contribution in [0, 0.1) is 5.82 Å². The van der Waals surface area contributed by atoms with Crippen LogP contribution in [-0.4, -0.2) is 32.7 Å². The maximum absolute atomic E-state index is 13.4. The molecule has 0 radical (unpaired) electrons. The van der Waals surface area contributed by atoms with Crippen LogP contribution in [0.3, 0.4) is 0 Å². The molecule has 1 aliphatic rings. The van der Waals surface area contributed by atoms with Crippen molar-refractivity contribution in [2.45, 2.75) is 35.2 Å². The Bertz CT molecular complexity index is 1840. The average Bonchev–Trinajstić information content (AvgIpc) is 3.52. The molecule has 3 aromatic carbocycles. The van der Waals surface area contributed by atoms with E-state index < -0.39 is 59.7 Å². The zero-order valence-corrected chi connectivity index (χ0v) is 23.0. The van der Waals surface area contributed by atoms with Gasteiger partial charge < -0.3 is 4.98 Å². The van der Waals surface area contributed by atoms with Gasteiger partial charge in [-0.25, -0.2) is 30.9 Å². The number of nitrogens with one attached hydrogen (secondary N) is 3. The Kier molecular flexibility index (Phi) is 7.68. The molecule has 5 rings (SSSR count). The summed E-state index contributed by atoms with van der Waals surface area (Å²) < 4.78 is 108. The van der Waals surface area contributed by atoms with Crippen LogP contribution in [0.4, 0.5) is 17.6 Å². The summed E-state index contributed by atoms with van der Waals surface area (Å²) in [7, 11) is -8.37. The minimum Gasteiger partial charge on any atom is -0.341 e. The van der Waals surface area contributed by atoms with E-state index in [2.05, 4.69) is 14.7 Å². The molecular weight excluding hydrogens is 600 g/mol. The summed E-state index contributed by atoms with van der Waals surface area (Å²) in [6, 6.07) is 13.8. The summed E-state index contributed by atoms with van der Waals surface area (Å²) in [6.07, 6.45) is -3.63. The van der Waals surface area contributed by atoms with Gasteiger partial charge in [-0.3, -0.25) is 9.52 Å². The molecule has 2 unspecified atom stereocenters. The lowest BCUT2D eigenvalue weighted by molar-refractivity contribution is -0.137. The number of hydrogen-bond acceptors (Lipinski definition) is 6. The molecule has 0 bridgehead atoms. The van der Waals surface area contributed by atoms with Crippen molar-refractivity contribution in [1.29, 1.82) is 0 Å². The van der Waals surface area contributed by atoms with E-state index in [1.165, 1.54) is 42.6 Å². The second kappa shape index (κ2) is 11.0. The van der Waals surface area contributed by atoms with Crippen molar-refractivity contribution < 1.29 is 39.2 Å². The molecule has 1 amide bonds. The van der Waals surface area contributed by atoms with Gasteiger partial charge in [-0.2, -0.15) is 13.2 Å². The largest absolute Gasteiger partial charge is 0.416 e. The molecule has 1 saturated heterocycles. The highest BCUT2D eigenvalue weighted by atomic mass is 32.2. The van der Waals surface area contributed by atoms with Crippen molar-refractivity contribution in [3.05, 3.63) is 107 Å². The lowest BCUT2D eigenvalue weighted by Crippen LogP contribution is -2.31. The standard InChI is InChI=1S/C27H22F4N4O5S2/c28-20-10-8-17(9-11-20)23-15-32-26(33-23)22(34-41(37,38)21-3-1-2-19(13-21)27(29,30)31)12-16-4-6-18(7-5-16)24-14-25(36)35-42(24,39)40/h1-11,13,15,22,24,34H,12,14H2,(H,32,33)(H,35,36). The van der Waals surface area contributed by atoms with Gasteiger partial charge in [-0.15, -0.1) is 0 Å². The van der Waals surface area contributed by atoms with E-state index in [0.717, 1.165) is 18.2 Å². The highest BCUT2D eigenvalue weighted by Crippen LogP contribution is 2.32. The molecule has 1 aliphatic heterocycles. The number of nitrogens with zero attached hydrogens (tertiary/aromatic N) is 1. The van der Waals surface area contributed by atoms with Gasteiger partial charge in [0.15, 0.2) is 0 Å². The van der Waals surface area contributed by atoms with Crippen LogP contribution >= 0.6 is 0 Å². The maximum atomic E-state index is 13.4. The van der Waals surface area contributed by atoms with Crippen LogP contribution in [0.1, 0.15) is 40.2 Å². The van der Waals surface area contributed by atoms with Gasteiger partial charge in [-0.1, -0.05) is 30.3 Å². The van der Waals surface area contributed by atoms with E-state index in [9.17, 15) is 39.2 Å². The topological polar surface area (TPSA) is 138 Å². The predicted octanol–water partition coefficient (Wildman–Crippen LogP) is 4.39.